The zero-order valence-corrected chi connectivity index (χ0v) is 18.5. The van der Waals surface area contributed by atoms with Gasteiger partial charge in [0.2, 0.25) is 5.91 Å². The summed E-state index contributed by atoms with van der Waals surface area (Å²) in [6, 6.07) is 4.55. The van der Waals surface area contributed by atoms with E-state index in [0.29, 0.717) is 38.8 Å². The first kappa shape index (κ1) is 24.8. The quantitative estimate of drug-likeness (QED) is 0.302. The van der Waals surface area contributed by atoms with Crippen LogP contribution in [0.15, 0.2) is 18.2 Å². The maximum Gasteiger partial charge on any atom is 0.262 e. The Balaban J connectivity index is 1.46. The Hall–Kier alpha value is -2.86. The number of carbonyl (C=O) groups excluding carboxylic acids is 4. The number of nitrogens with one attached hydrogen (secondary N) is 1. The van der Waals surface area contributed by atoms with Crippen molar-refractivity contribution in [2.24, 2.45) is 0 Å². The second-order valence-electron chi connectivity index (χ2n) is 7.71. The highest BCUT2D eigenvalue weighted by molar-refractivity contribution is 6.24. The number of hydrogen-bond acceptors (Lipinski definition) is 9. The van der Waals surface area contributed by atoms with Crippen LogP contribution in [0.25, 0.3) is 0 Å². The van der Waals surface area contributed by atoms with Crippen LogP contribution in [0, 0.1) is 0 Å². The minimum absolute atomic E-state index is 0.0191. The molecule has 1 aromatic rings. The van der Waals surface area contributed by atoms with E-state index in [1.165, 1.54) is 19.1 Å². The third-order valence-electron chi connectivity index (χ3n) is 5.41. The molecule has 180 valence electrons. The summed E-state index contributed by atoms with van der Waals surface area (Å²) in [6.45, 7) is 3.86. The molecule has 2 aliphatic rings. The van der Waals surface area contributed by atoms with Crippen LogP contribution < -0.4 is 10.1 Å². The van der Waals surface area contributed by atoms with Crippen molar-refractivity contribution in [3.63, 3.8) is 0 Å². The normalized spacial score (nSPS) is 20.2. The summed E-state index contributed by atoms with van der Waals surface area (Å²) in [4.78, 5) is 50.7. The average Bonchev–Trinajstić information content (AvgIpc) is 3.05. The molecular formula is C22H28N2O9. The van der Waals surface area contributed by atoms with E-state index < -0.39 is 29.2 Å². The fourth-order valence-corrected chi connectivity index (χ4v) is 3.59. The number of benzene rings is 1. The summed E-state index contributed by atoms with van der Waals surface area (Å²) in [5.74, 6) is -1.86. The Morgan fingerprint density at radius 2 is 1.52 bits per heavy atom. The number of ether oxygens (including phenoxy) is 4. The first-order valence-electron chi connectivity index (χ1n) is 10.7. The molecule has 0 radical (unpaired) electrons. The molecule has 11 nitrogen and oxygen atoms in total. The van der Waals surface area contributed by atoms with Crippen LogP contribution in [0.3, 0.4) is 0 Å². The molecular weight excluding hydrogens is 436 g/mol. The molecule has 1 unspecified atom stereocenters. The maximum absolute atomic E-state index is 13.0. The zero-order valence-electron chi connectivity index (χ0n) is 18.5. The summed E-state index contributed by atoms with van der Waals surface area (Å²) in [7, 11) is 0. The highest BCUT2D eigenvalue weighted by Gasteiger charge is 2.52. The molecule has 0 saturated carbocycles. The van der Waals surface area contributed by atoms with E-state index >= 15 is 0 Å². The van der Waals surface area contributed by atoms with Crippen LogP contribution in [0.5, 0.6) is 5.75 Å². The first-order valence-corrected chi connectivity index (χ1v) is 10.7. The molecule has 2 heterocycles. The number of aliphatic hydroxyl groups excluding tert-OH is 1. The monoisotopic (exact) mass is 464 g/mol. The van der Waals surface area contributed by atoms with Gasteiger partial charge in [-0.3, -0.25) is 29.4 Å². The molecule has 33 heavy (non-hydrogen) atoms. The van der Waals surface area contributed by atoms with Gasteiger partial charge in [0.05, 0.1) is 57.4 Å². The number of fused-ring (bicyclic) bond motifs is 1. The number of carbonyl (C=O) groups is 4. The van der Waals surface area contributed by atoms with E-state index in [-0.39, 0.29) is 43.8 Å². The van der Waals surface area contributed by atoms with Gasteiger partial charge in [-0.2, -0.15) is 0 Å². The fraction of sp³-hybridized carbons (Fsp3) is 0.545. The number of aliphatic hydroxyl groups is 1. The molecule has 1 fully saturated rings. The van der Waals surface area contributed by atoms with Gasteiger partial charge >= 0.3 is 0 Å². The molecule has 1 aromatic carbocycles. The van der Waals surface area contributed by atoms with Crippen molar-refractivity contribution in [1.29, 1.82) is 0 Å². The van der Waals surface area contributed by atoms with Crippen molar-refractivity contribution in [3.05, 3.63) is 29.3 Å². The third-order valence-corrected chi connectivity index (χ3v) is 5.41. The lowest BCUT2D eigenvalue weighted by molar-refractivity contribution is -0.140. The molecule has 2 aliphatic heterocycles. The molecule has 1 atom stereocenters. The number of piperidine rings is 1. The minimum atomic E-state index is -1.43. The predicted molar refractivity (Wildman–Crippen MR) is 113 cm³/mol. The summed E-state index contributed by atoms with van der Waals surface area (Å²) in [5, 5.41) is 10.8. The van der Waals surface area contributed by atoms with E-state index in [9.17, 15) is 19.2 Å². The van der Waals surface area contributed by atoms with Gasteiger partial charge < -0.3 is 24.1 Å². The number of nitrogens with zero attached hydrogens (tertiary/aromatic N) is 1. The van der Waals surface area contributed by atoms with Crippen LogP contribution >= 0.6 is 0 Å². The van der Waals surface area contributed by atoms with Crippen LogP contribution in [0.1, 0.15) is 40.5 Å². The molecule has 0 aliphatic carbocycles. The van der Waals surface area contributed by atoms with Gasteiger partial charge in [-0.15, -0.1) is 0 Å². The van der Waals surface area contributed by atoms with Gasteiger partial charge in [0.1, 0.15) is 17.9 Å². The van der Waals surface area contributed by atoms with E-state index in [2.05, 4.69) is 5.32 Å². The van der Waals surface area contributed by atoms with Crippen LogP contribution in [0.2, 0.25) is 0 Å². The molecule has 0 spiro atoms. The van der Waals surface area contributed by atoms with Crippen molar-refractivity contribution < 1.29 is 43.2 Å². The number of imide groups is 2. The number of rotatable bonds is 13. The summed E-state index contributed by atoms with van der Waals surface area (Å²) >= 11 is 0. The van der Waals surface area contributed by atoms with Gasteiger partial charge in [0, 0.05) is 6.42 Å². The summed E-state index contributed by atoms with van der Waals surface area (Å²) in [5.41, 5.74) is -1.08. The van der Waals surface area contributed by atoms with E-state index in [0.717, 1.165) is 4.90 Å². The van der Waals surface area contributed by atoms with E-state index in [4.69, 9.17) is 24.1 Å². The predicted octanol–water partition coefficient (Wildman–Crippen LogP) is -0.101. The topological polar surface area (TPSA) is 141 Å². The van der Waals surface area contributed by atoms with Crippen molar-refractivity contribution in [2.45, 2.75) is 25.3 Å². The SMILES string of the molecule is CC1(N2C(=O)c3ccc(OCCOCCOCCOCCO)cc3C2=O)CCC(=O)NC1=O. The smallest absolute Gasteiger partial charge is 0.262 e. The summed E-state index contributed by atoms with van der Waals surface area (Å²) in [6.07, 6.45) is 0.121. The molecule has 0 aromatic heterocycles. The first-order chi connectivity index (χ1) is 15.9. The zero-order chi connectivity index (χ0) is 23.8. The van der Waals surface area contributed by atoms with Crippen molar-refractivity contribution in [1.82, 2.24) is 10.2 Å². The van der Waals surface area contributed by atoms with Gasteiger partial charge in [-0.25, -0.2) is 0 Å². The van der Waals surface area contributed by atoms with E-state index in [1.54, 1.807) is 6.07 Å². The number of amides is 4. The molecule has 11 heteroatoms. The van der Waals surface area contributed by atoms with Crippen LogP contribution in [-0.4, -0.2) is 92.0 Å². The standard InChI is InChI=1S/C22H28N2O9/c1-22(5-4-18(26)23-21(22)29)24-19(27)16-3-2-15(14-17(16)20(24)28)33-13-12-32-11-10-31-9-8-30-7-6-25/h2-3,14,25H,4-13H2,1H3,(H,23,26,29). The van der Waals surface area contributed by atoms with Gasteiger partial charge in [0.25, 0.3) is 17.7 Å². The van der Waals surface area contributed by atoms with E-state index in [1.807, 2.05) is 0 Å². The van der Waals surface area contributed by atoms with Crippen LogP contribution in [0.4, 0.5) is 0 Å². The number of hydrogen-bond donors (Lipinski definition) is 2. The van der Waals surface area contributed by atoms with Gasteiger partial charge in [0.15, 0.2) is 0 Å². The van der Waals surface area contributed by atoms with Crippen molar-refractivity contribution in [3.8, 4) is 5.75 Å². The lowest BCUT2D eigenvalue weighted by atomic mass is 9.89. The Morgan fingerprint density at radius 3 is 2.15 bits per heavy atom. The van der Waals surface area contributed by atoms with Crippen molar-refractivity contribution >= 4 is 23.6 Å². The molecule has 1 saturated heterocycles. The Labute approximate surface area is 190 Å². The van der Waals surface area contributed by atoms with Gasteiger partial charge in [-0.05, 0) is 31.5 Å². The lowest BCUT2D eigenvalue weighted by Gasteiger charge is -2.38. The molecule has 0 bridgehead atoms. The third kappa shape index (κ3) is 5.74. The second-order valence-corrected chi connectivity index (χ2v) is 7.71. The highest BCUT2D eigenvalue weighted by atomic mass is 16.6. The average molecular weight is 464 g/mol. The second kappa shape index (κ2) is 11.3. The van der Waals surface area contributed by atoms with Crippen LogP contribution in [-0.2, 0) is 23.8 Å². The Kier molecular flexibility index (Phi) is 8.50. The molecule has 2 N–H and O–H groups in total. The summed E-state index contributed by atoms with van der Waals surface area (Å²) < 4.78 is 21.4. The van der Waals surface area contributed by atoms with Crippen molar-refractivity contribution in [2.75, 3.05) is 52.9 Å². The highest BCUT2D eigenvalue weighted by Crippen LogP contribution is 2.35. The fourth-order valence-electron chi connectivity index (χ4n) is 3.59. The molecule has 4 amide bonds. The molecule has 3 rings (SSSR count). The minimum Gasteiger partial charge on any atom is -0.491 e. The largest absolute Gasteiger partial charge is 0.491 e. The maximum atomic E-state index is 13.0. The lowest BCUT2D eigenvalue weighted by Crippen LogP contribution is -2.62. The Morgan fingerprint density at radius 1 is 0.909 bits per heavy atom. The Bertz CT molecular complexity index is 904. The van der Waals surface area contributed by atoms with Gasteiger partial charge in [-0.1, -0.05) is 0 Å².